The van der Waals surface area contributed by atoms with E-state index in [4.69, 9.17) is 5.11 Å². The molecule has 1 aliphatic heterocycles. The number of carboxylic acid groups (broad SMARTS) is 1. The zero-order chi connectivity index (χ0) is 20.8. The minimum Gasteiger partial charge on any atom is -0.481 e. The highest BCUT2D eigenvalue weighted by atomic mass is 16.4. The van der Waals surface area contributed by atoms with Crippen molar-refractivity contribution in [2.24, 2.45) is 5.92 Å². The molecule has 0 bridgehead atoms. The predicted molar refractivity (Wildman–Crippen MR) is 111 cm³/mol. The van der Waals surface area contributed by atoms with Crippen molar-refractivity contribution in [3.05, 3.63) is 48.0 Å². The number of rotatable bonds is 7. The molecular formula is C23H28N2O4. The summed E-state index contributed by atoms with van der Waals surface area (Å²) in [6.07, 6.45) is 3.20. The van der Waals surface area contributed by atoms with Gasteiger partial charge >= 0.3 is 5.97 Å². The van der Waals surface area contributed by atoms with Crippen LogP contribution in [-0.2, 0) is 20.8 Å². The van der Waals surface area contributed by atoms with Gasteiger partial charge in [-0.3, -0.25) is 14.4 Å². The van der Waals surface area contributed by atoms with Crippen molar-refractivity contribution in [1.82, 2.24) is 9.80 Å². The molecule has 0 aliphatic carbocycles. The number of benzene rings is 2. The Morgan fingerprint density at radius 1 is 1.14 bits per heavy atom. The number of likely N-dealkylation sites (tertiary alicyclic amines) is 1. The highest BCUT2D eigenvalue weighted by Gasteiger charge is 2.28. The fraction of sp³-hybridized carbons (Fsp3) is 0.435. The third-order valence-corrected chi connectivity index (χ3v) is 5.59. The number of fused-ring (bicyclic) bond motifs is 1. The van der Waals surface area contributed by atoms with Crippen LogP contribution < -0.4 is 0 Å². The molecule has 2 aromatic rings. The molecule has 6 nitrogen and oxygen atoms in total. The van der Waals surface area contributed by atoms with Crippen LogP contribution in [-0.4, -0.2) is 59.4 Å². The summed E-state index contributed by atoms with van der Waals surface area (Å²) >= 11 is 0. The lowest BCUT2D eigenvalue weighted by Gasteiger charge is -2.32. The number of likely N-dealkylation sites (N-methyl/N-ethyl adjacent to an activating group) is 1. The molecule has 1 saturated heterocycles. The van der Waals surface area contributed by atoms with Gasteiger partial charge in [0.15, 0.2) is 0 Å². The molecule has 3 rings (SSSR count). The lowest BCUT2D eigenvalue weighted by molar-refractivity contribution is -0.147. The van der Waals surface area contributed by atoms with Gasteiger partial charge < -0.3 is 14.9 Å². The maximum absolute atomic E-state index is 12.4. The van der Waals surface area contributed by atoms with Gasteiger partial charge in [-0.15, -0.1) is 0 Å². The average Bonchev–Trinajstić information content (AvgIpc) is 2.73. The van der Waals surface area contributed by atoms with Gasteiger partial charge in [-0.25, -0.2) is 0 Å². The molecule has 29 heavy (non-hydrogen) atoms. The number of hydrogen-bond acceptors (Lipinski definition) is 3. The highest BCUT2D eigenvalue weighted by Crippen LogP contribution is 2.18. The van der Waals surface area contributed by atoms with Crippen molar-refractivity contribution in [3.63, 3.8) is 0 Å². The van der Waals surface area contributed by atoms with Crippen LogP contribution in [0.3, 0.4) is 0 Å². The number of aliphatic carboxylic acids is 1. The highest BCUT2D eigenvalue weighted by molar-refractivity contribution is 5.85. The number of amides is 2. The Labute approximate surface area is 171 Å². The first-order valence-electron chi connectivity index (χ1n) is 10.2. The van der Waals surface area contributed by atoms with Crippen LogP contribution in [0.25, 0.3) is 10.8 Å². The van der Waals surface area contributed by atoms with Crippen molar-refractivity contribution in [2.75, 3.05) is 26.7 Å². The fourth-order valence-electron chi connectivity index (χ4n) is 3.83. The molecule has 2 aromatic carbocycles. The van der Waals surface area contributed by atoms with Crippen molar-refractivity contribution >= 4 is 28.6 Å². The van der Waals surface area contributed by atoms with E-state index in [2.05, 4.69) is 30.3 Å². The van der Waals surface area contributed by atoms with Gasteiger partial charge in [0.2, 0.25) is 11.8 Å². The van der Waals surface area contributed by atoms with Gasteiger partial charge in [-0.05, 0) is 42.0 Å². The van der Waals surface area contributed by atoms with Crippen LogP contribution in [0, 0.1) is 5.92 Å². The molecule has 1 heterocycles. The Balaban J connectivity index is 1.44. The third-order valence-electron chi connectivity index (χ3n) is 5.59. The molecule has 0 spiro atoms. The first-order valence-corrected chi connectivity index (χ1v) is 10.2. The van der Waals surface area contributed by atoms with Crippen LogP contribution in [0.2, 0.25) is 0 Å². The minimum atomic E-state index is -0.861. The summed E-state index contributed by atoms with van der Waals surface area (Å²) < 4.78 is 0. The quantitative estimate of drug-likeness (QED) is 0.781. The molecule has 1 fully saturated rings. The van der Waals surface area contributed by atoms with Gasteiger partial charge in [-0.2, -0.15) is 0 Å². The molecule has 0 saturated carbocycles. The van der Waals surface area contributed by atoms with Crippen LogP contribution >= 0.6 is 0 Å². The summed E-state index contributed by atoms with van der Waals surface area (Å²) in [6, 6.07) is 14.5. The predicted octanol–water partition coefficient (Wildman–Crippen LogP) is 2.94. The summed E-state index contributed by atoms with van der Waals surface area (Å²) in [6.45, 7) is 0.798. The summed E-state index contributed by atoms with van der Waals surface area (Å²) in [5.41, 5.74) is 1.20. The van der Waals surface area contributed by atoms with Crippen LogP contribution in [0.4, 0.5) is 0 Å². The molecule has 1 unspecified atom stereocenters. The molecule has 154 valence electrons. The van der Waals surface area contributed by atoms with Crippen molar-refractivity contribution < 1.29 is 19.5 Å². The van der Waals surface area contributed by atoms with Gasteiger partial charge in [0.1, 0.15) is 0 Å². The topological polar surface area (TPSA) is 77.9 Å². The number of carboxylic acids is 1. The second kappa shape index (κ2) is 9.54. The third kappa shape index (κ3) is 5.56. The SMILES string of the molecule is CN(CC(=O)N1CCCC(C(=O)O)C1)C(=O)CCCc1ccc2ccccc2c1. The smallest absolute Gasteiger partial charge is 0.308 e. The monoisotopic (exact) mass is 396 g/mol. The summed E-state index contributed by atoms with van der Waals surface area (Å²) in [4.78, 5) is 39.0. The standard InChI is InChI=1S/C23H28N2O4/c1-24(16-22(27)25-13-5-9-20(15-25)23(28)29)21(26)10-4-6-17-11-12-18-7-2-3-8-19(18)14-17/h2-3,7-8,11-12,14,20H,4-6,9-10,13,15-16H2,1H3,(H,28,29). The molecular weight excluding hydrogens is 368 g/mol. The minimum absolute atomic E-state index is 0.00114. The van der Waals surface area contributed by atoms with Crippen LogP contribution in [0.15, 0.2) is 42.5 Å². The Morgan fingerprint density at radius 3 is 2.66 bits per heavy atom. The molecule has 0 radical (unpaired) electrons. The average molecular weight is 396 g/mol. The van der Waals surface area contributed by atoms with E-state index in [1.807, 2.05) is 12.1 Å². The van der Waals surface area contributed by atoms with Crippen molar-refractivity contribution in [1.29, 1.82) is 0 Å². The first kappa shape index (κ1) is 20.8. The molecule has 1 aliphatic rings. The van der Waals surface area contributed by atoms with E-state index in [0.717, 1.165) is 12.8 Å². The van der Waals surface area contributed by atoms with E-state index in [1.165, 1.54) is 21.2 Å². The zero-order valence-electron chi connectivity index (χ0n) is 16.8. The van der Waals surface area contributed by atoms with Gasteiger partial charge in [0.05, 0.1) is 12.5 Å². The van der Waals surface area contributed by atoms with Crippen LogP contribution in [0.1, 0.15) is 31.2 Å². The van der Waals surface area contributed by atoms with Gasteiger partial charge in [-0.1, -0.05) is 42.5 Å². The van der Waals surface area contributed by atoms with E-state index >= 15 is 0 Å². The normalized spacial score (nSPS) is 16.6. The fourth-order valence-corrected chi connectivity index (χ4v) is 3.83. The van der Waals surface area contributed by atoms with Gasteiger partial charge in [0, 0.05) is 26.6 Å². The van der Waals surface area contributed by atoms with E-state index in [-0.39, 0.29) is 24.9 Å². The maximum Gasteiger partial charge on any atom is 0.308 e. The molecule has 0 aromatic heterocycles. The maximum atomic E-state index is 12.4. The number of piperidine rings is 1. The largest absolute Gasteiger partial charge is 0.481 e. The van der Waals surface area contributed by atoms with E-state index in [9.17, 15) is 14.4 Å². The number of aryl methyl sites for hydroxylation is 1. The summed E-state index contributed by atoms with van der Waals surface area (Å²) in [5, 5.41) is 11.6. The Hall–Kier alpha value is -2.89. The summed E-state index contributed by atoms with van der Waals surface area (Å²) in [7, 11) is 1.63. The van der Waals surface area contributed by atoms with Crippen molar-refractivity contribution in [2.45, 2.75) is 32.1 Å². The lowest BCUT2D eigenvalue weighted by atomic mass is 9.98. The molecule has 1 atom stereocenters. The Kier molecular flexibility index (Phi) is 6.86. The van der Waals surface area contributed by atoms with E-state index in [0.29, 0.717) is 25.8 Å². The number of carbonyl (C=O) groups excluding carboxylic acids is 2. The molecule has 1 N–H and O–H groups in total. The van der Waals surface area contributed by atoms with Crippen LogP contribution in [0.5, 0.6) is 0 Å². The van der Waals surface area contributed by atoms with Crippen molar-refractivity contribution in [3.8, 4) is 0 Å². The Morgan fingerprint density at radius 2 is 1.90 bits per heavy atom. The lowest BCUT2D eigenvalue weighted by Crippen LogP contribution is -2.46. The van der Waals surface area contributed by atoms with Gasteiger partial charge in [0.25, 0.3) is 0 Å². The second-order valence-corrected chi connectivity index (χ2v) is 7.80. The van der Waals surface area contributed by atoms with E-state index in [1.54, 1.807) is 11.9 Å². The number of carbonyl (C=O) groups is 3. The molecule has 6 heteroatoms. The number of hydrogen-bond donors (Lipinski definition) is 1. The first-order chi connectivity index (χ1) is 13.9. The Bertz CT molecular complexity index is 895. The second-order valence-electron chi connectivity index (χ2n) is 7.80. The molecule has 2 amide bonds. The zero-order valence-corrected chi connectivity index (χ0v) is 16.8. The van der Waals surface area contributed by atoms with E-state index < -0.39 is 11.9 Å². The summed E-state index contributed by atoms with van der Waals surface area (Å²) in [5.74, 6) is -1.61. The number of nitrogens with zero attached hydrogens (tertiary/aromatic N) is 2.